The molecule has 0 N–H and O–H groups in total. The van der Waals surface area contributed by atoms with Crippen LogP contribution >= 0.6 is 0 Å². The van der Waals surface area contributed by atoms with Gasteiger partial charge < -0.3 is 4.90 Å². The number of piperazine rings is 1. The predicted molar refractivity (Wildman–Crippen MR) is 93.8 cm³/mol. The van der Waals surface area contributed by atoms with Gasteiger partial charge in [-0.15, -0.1) is 0 Å². The van der Waals surface area contributed by atoms with Crippen molar-refractivity contribution in [2.45, 2.75) is 12.1 Å². The van der Waals surface area contributed by atoms with Gasteiger partial charge in [-0.1, -0.05) is 60.7 Å². The Morgan fingerprint density at radius 2 is 1.31 bits per heavy atom. The lowest BCUT2D eigenvalue weighted by Crippen LogP contribution is -2.52. The highest BCUT2D eigenvalue weighted by molar-refractivity contribution is 5.87. The first-order valence-electron chi connectivity index (χ1n) is 8.62. The van der Waals surface area contributed by atoms with Gasteiger partial charge in [0.1, 0.15) is 0 Å². The summed E-state index contributed by atoms with van der Waals surface area (Å²) in [6, 6.07) is 19.0. The highest BCUT2D eigenvalue weighted by Gasteiger charge is 2.34. The second-order valence-electron chi connectivity index (χ2n) is 6.47. The molecule has 26 heavy (non-hydrogen) atoms. The third-order valence-electron chi connectivity index (χ3n) is 4.60. The molecule has 1 fully saturated rings. The molecule has 0 saturated carbocycles. The van der Waals surface area contributed by atoms with Crippen LogP contribution in [0.5, 0.6) is 0 Å². The summed E-state index contributed by atoms with van der Waals surface area (Å²) in [5.41, 5.74) is 1.78. The van der Waals surface area contributed by atoms with Crippen molar-refractivity contribution < 1.29 is 18.0 Å². The lowest BCUT2D eigenvalue weighted by atomic mass is 9.90. The first-order chi connectivity index (χ1) is 12.4. The fourth-order valence-corrected chi connectivity index (χ4v) is 3.33. The maximum absolute atomic E-state index is 13.2. The molecule has 3 nitrogen and oxygen atoms in total. The summed E-state index contributed by atoms with van der Waals surface area (Å²) in [7, 11) is 0. The highest BCUT2D eigenvalue weighted by atomic mass is 19.4. The lowest BCUT2D eigenvalue weighted by molar-refractivity contribution is -0.151. The van der Waals surface area contributed by atoms with Crippen molar-refractivity contribution in [1.82, 2.24) is 9.80 Å². The summed E-state index contributed by atoms with van der Waals surface area (Å²) < 4.78 is 37.6. The van der Waals surface area contributed by atoms with Crippen LogP contribution in [0, 0.1) is 0 Å². The molecule has 0 spiro atoms. The Hall–Kier alpha value is -2.34. The van der Waals surface area contributed by atoms with Gasteiger partial charge in [0.25, 0.3) is 0 Å². The number of alkyl halides is 3. The van der Waals surface area contributed by atoms with Crippen LogP contribution in [0.1, 0.15) is 17.0 Å². The molecule has 0 aromatic heterocycles. The van der Waals surface area contributed by atoms with Crippen LogP contribution in [0.3, 0.4) is 0 Å². The summed E-state index contributed by atoms with van der Waals surface area (Å²) in [6.45, 7) is 0.176. The van der Waals surface area contributed by atoms with Crippen LogP contribution in [-0.2, 0) is 4.79 Å². The van der Waals surface area contributed by atoms with E-state index in [0.717, 1.165) is 11.1 Å². The van der Waals surface area contributed by atoms with E-state index in [0.29, 0.717) is 13.1 Å². The van der Waals surface area contributed by atoms with Gasteiger partial charge in [0.05, 0.1) is 12.5 Å². The smallest absolute Gasteiger partial charge is 0.339 e. The number of halogens is 3. The van der Waals surface area contributed by atoms with Crippen molar-refractivity contribution >= 4 is 5.91 Å². The third-order valence-corrected chi connectivity index (χ3v) is 4.60. The quantitative estimate of drug-likeness (QED) is 0.831. The van der Waals surface area contributed by atoms with E-state index in [9.17, 15) is 18.0 Å². The molecule has 1 aliphatic heterocycles. The van der Waals surface area contributed by atoms with Gasteiger partial charge >= 0.3 is 6.18 Å². The molecule has 6 heteroatoms. The Morgan fingerprint density at radius 3 is 1.73 bits per heavy atom. The molecule has 0 radical (unpaired) electrons. The molecular formula is C20H21F3N2O. The topological polar surface area (TPSA) is 23.6 Å². The summed E-state index contributed by atoms with van der Waals surface area (Å²) in [6.07, 6.45) is -4.21. The number of hydrogen-bond donors (Lipinski definition) is 0. The first kappa shape index (κ1) is 18.5. The van der Waals surface area contributed by atoms with E-state index in [1.807, 2.05) is 60.7 Å². The van der Waals surface area contributed by atoms with E-state index in [4.69, 9.17) is 0 Å². The van der Waals surface area contributed by atoms with E-state index < -0.39 is 18.6 Å². The molecule has 0 aliphatic carbocycles. The van der Waals surface area contributed by atoms with Crippen LogP contribution in [0.4, 0.5) is 13.2 Å². The van der Waals surface area contributed by atoms with Crippen molar-refractivity contribution in [1.29, 1.82) is 0 Å². The molecule has 1 amide bonds. The van der Waals surface area contributed by atoms with E-state index >= 15 is 0 Å². The van der Waals surface area contributed by atoms with E-state index in [1.54, 1.807) is 4.90 Å². The lowest BCUT2D eigenvalue weighted by Gasteiger charge is -2.36. The van der Waals surface area contributed by atoms with Gasteiger partial charge in [0, 0.05) is 26.2 Å². The molecule has 1 saturated heterocycles. The van der Waals surface area contributed by atoms with Gasteiger partial charge in [-0.25, -0.2) is 0 Å². The second kappa shape index (κ2) is 7.91. The number of carbonyl (C=O) groups excluding carboxylic acids is 1. The predicted octanol–water partition coefficient (Wildman–Crippen LogP) is 3.53. The van der Waals surface area contributed by atoms with Crippen LogP contribution in [0.25, 0.3) is 0 Å². The van der Waals surface area contributed by atoms with Crippen molar-refractivity contribution in [2.24, 2.45) is 0 Å². The first-order valence-corrected chi connectivity index (χ1v) is 8.62. The summed E-state index contributed by atoms with van der Waals surface area (Å²) in [5, 5.41) is 0. The molecule has 0 atom stereocenters. The Balaban J connectivity index is 1.75. The minimum absolute atomic E-state index is 0.0611. The Morgan fingerprint density at radius 1 is 0.846 bits per heavy atom. The number of carbonyl (C=O) groups is 1. The molecule has 2 aromatic rings. The molecule has 3 rings (SSSR count). The number of rotatable bonds is 4. The fourth-order valence-electron chi connectivity index (χ4n) is 3.33. The minimum Gasteiger partial charge on any atom is -0.339 e. The van der Waals surface area contributed by atoms with E-state index in [2.05, 4.69) is 0 Å². The summed E-state index contributed by atoms with van der Waals surface area (Å²) >= 11 is 0. The normalized spacial score (nSPS) is 16.1. The Bertz CT molecular complexity index is 671. The Kier molecular flexibility index (Phi) is 5.61. The van der Waals surface area contributed by atoms with Gasteiger partial charge in [-0.3, -0.25) is 9.69 Å². The molecule has 138 valence electrons. The SMILES string of the molecule is O=C(C(c1ccccc1)c1ccccc1)N1CCN(CC(F)(F)F)CC1. The van der Waals surface area contributed by atoms with Crippen molar-refractivity contribution in [3.05, 3.63) is 71.8 Å². The van der Waals surface area contributed by atoms with E-state index in [1.165, 1.54) is 4.90 Å². The van der Waals surface area contributed by atoms with Crippen molar-refractivity contribution in [3.8, 4) is 0 Å². The average molecular weight is 362 g/mol. The van der Waals surface area contributed by atoms with Gasteiger partial charge in [0.15, 0.2) is 0 Å². The van der Waals surface area contributed by atoms with Gasteiger partial charge in [0.2, 0.25) is 5.91 Å². The van der Waals surface area contributed by atoms with Crippen LogP contribution in [0.15, 0.2) is 60.7 Å². The molecule has 1 aliphatic rings. The zero-order valence-electron chi connectivity index (χ0n) is 14.3. The van der Waals surface area contributed by atoms with Crippen molar-refractivity contribution in [3.63, 3.8) is 0 Å². The minimum atomic E-state index is -4.21. The number of nitrogens with zero attached hydrogens (tertiary/aromatic N) is 2. The van der Waals surface area contributed by atoms with Crippen LogP contribution in [-0.4, -0.2) is 54.6 Å². The molecule has 0 unspecified atom stereocenters. The monoisotopic (exact) mass is 362 g/mol. The number of benzene rings is 2. The molecule has 2 aromatic carbocycles. The van der Waals surface area contributed by atoms with Gasteiger partial charge in [-0.2, -0.15) is 13.2 Å². The Labute approximate surface area is 151 Å². The zero-order chi connectivity index (χ0) is 18.6. The maximum atomic E-state index is 13.2. The fraction of sp³-hybridized carbons (Fsp3) is 0.350. The molecular weight excluding hydrogens is 341 g/mol. The largest absolute Gasteiger partial charge is 0.401 e. The van der Waals surface area contributed by atoms with Crippen LogP contribution < -0.4 is 0 Å². The zero-order valence-corrected chi connectivity index (χ0v) is 14.3. The van der Waals surface area contributed by atoms with Crippen molar-refractivity contribution in [2.75, 3.05) is 32.7 Å². The standard InChI is InChI=1S/C20H21F3N2O/c21-20(22,23)15-24-11-13-25(14-12-24)19(26)18(16-7-3-1-4-8-16)17-9-5-2-6-10-17/h1-10,18H,11-15H2. The molecule has 1 heterocycles. The second-order valence-corrected chi connectivity index (χ2v) is 6.47. The summed E-state index contributed by atoms with van der Waals surface area (Å²) in [5.74, 6) is -0.499. The molecule has 0 bridgehead atoms. The maximum Gasteiger partial charge on any atom is 0.401 e. The highest BCUT2D eigenvalue weighted by Crippen LogP contribution is 2.27. The van der Waals surface area contributed by atoms with Gasteiger partial charge in [-0.05, 0) is 11.1 Å². The summed E-state index contributed by atoms with van der Waals surface area (Å²) in [4.78, 5) is 16.2. The average Bonchev–Trinajstić information content (AvgIpc) is 2.63. The van der Waals surface area contributed by atoms with Crippen LogP contribution in [0.2, 0.25) is 0 Å². The van der Waals surface area contributed by atoms with E-state index in [-0.39, 0.29) is 19.0 Å². The number of hydrogen-bond acceptors (Lipinski definition) is 2. The third kappa shape index (κ3) is 4.64. The number of amides is 1.